The summed E-state index contributed by atoms with van der Waals surface area (Å²) in [6, 6.07) is -0.223. The van der Waals surface area contributed by atoms with Gasteiger partial charge < -0.3 is 20.1 Å². The second-order valence-corrected chi connectivity index (χ2v) is 4.95. The largest absolute Gasteiger partial charge is 0.454 e. The Morgan fingerprint density at radius 3 is 2.72 bits per heavy atom. The molecule has 6 nitrogen and oxygen atoms in total. The van der Waals surface area contributed by atoms with Crippen LogP contribution in [0.3, 0.4) is 0 Å². The van der Waals surface area contributed by atoms with Gasteiger partial charge in [0.15, 0.2) is 6.10 Å². The number of amides is 1. The van der Waals surface area contributed by atoms with Crippen LogP contribution < -0.4 is 10.6 Å². The molecular weight excluding hydrogens is 260 g/mol. The highest BCUT2D eigenvalue weighted by Crippen LogP contribution is 2.22. The van der Waals surface area contributed by atoms with Crippen molar-refractivity contribution in [2.45, 2.75) is 44.4 Å². The highest BCUT2D eigenvalue weighted by Gasteiger charge is 2.41. The predicted molar refractivity (Wildman–Crippen MR) is 66.7 cm³/mol. The summed E-state index contributed by atoms with van der Waals surface area (Å²) in [6.07, 6.45) is 0.899. The van der Waals surface area contributed by atoms with Crippen LogP contribution in [0.4, 0.5) is 4.79 Å². The lowest BCUT2D eigenvalue weighted by Crippen LogP contribution is -2.46. The lowest BCUT2D eigenvalue weighted by atomic mass is 10.0. The molecule has 1 amide bonds. The van der Waals surface area contributed by atoms with E-state index in [-0.39, 0.29) is 24.4 Å². The summed E-state index contributed by atoms with van der Waals surface area (Å²) in [4.78, 5) is 22.8. The van der Waals surface area contributed by atoms with Crippen molar-refractivity contribution in [3.63, 3.8) is 0 Å². The first-order valence-electron chi connectivity index (χ1n) is 5.90. The average Bonchev–Trinajstić information content (AvgIpc) is 2.86. The number of nitrogens with one attached hydrogen (secondary N) is 2. The number of alkyl carbamates (subject to hydrolysis) is 1. The molecule has 0 aromatic heterocycles. The van der Waals surface area contributed by atoms with Crippen LogP contribution in [0.25, 0.3) is 0 Å². The fraction of sp³-hybridized carbons (Fsp3) is 0.818. The Labute approximate surface area is 112 Å². The van der Waals surface area contributed by atoms with E-state index in [1.165, 1.54) is 0 Å². The summed E-state index contributed by atoms with van der Waals surface area (Å²) in [5.74, 6) is -0.268. The minimum absolute atomic E-state index is 0. The minimum Gasteiger partial charge on any atom is -0.454 e. The Kier molecular flexibility index (Phi) is 4.81. The first-order valence-corrected chi connectivity index (χ1v) is 5.90. The van der Waals surface area contributed by atoms with E-state index in [0.29, 0.717) is 6.54 Å². The lowest BCUT2D eigenvalue weighted by molar-refractivity contribution is -0.167. The molecular formula is C11H19ClN2O4. The van der Waals surface area contributed by atoms with Crippen LogP contribution >= 0.6 is 12.4 Å². The lowest BCUT2D eigenvalue weighted by Gasteiger charge is -2.30. The van der Waals surface area contributed by atoms with Crippen molar-refractivity contribution in [2.24, 2.45) is 0 Å². The van der Waals surface area contributed by atoms with Crippen LogP contribution in [-0.4, -0.2) is 42.9 Å². The summed E-state index contributed by atoms with van der Waals surface area (Å²) >= 11 is 0. The van der Waals surface area contributed by atoms with Gasteiger partial charge in [-0.3, -0.25) is 4.79 Å². The van der Waals surface area contributed by atoms with Crippen molar-refractivity contribution in [2.75, 3.05) is 13.1 Å². The zero-order valence-corrected chi connectivity index (χ0v) is 11.3. The molecule has 2 heterocycles. The van der Waals surface area contributed by atoms with Crippen molar-refractivity contribution < 1.29 is 19.1 Å². The highest BCUT2D eigenvalue weighted by atomic mass is 35.5. The number of hydrogen-bond donors (Lipinski definition) is 2. The van der Waals surface area contributed by atoms with E-state index in [1.54, 1.807) is 13.8 Å². The number of cyclic esters (lactones) is 1. The van der Waals surface area contributed by atoms with Crippen molar-refractivity contribution in [1.29, 1.82) is 0 Å². The summed E-state index contributed by atoms with van der Waals surface area (Å²) < 4.78 is 10.5. The summed E-state index contributed by atoms with van der Waals surface area (Å²) in [7, 11) is 0. The molecule has 2 N–H and O–H groups in total. The van der Waals surface area contributed by atoms with Crippen LogP contribution in [-0.2, 0) is 14.3 Å². The molecule has 2 aliphatic heterocycles. The molecule has 0 radical (unpaired) electrons. The second kappa shape index (κ2) is 5.75. The molecule has 0 bridgehead atoms. The molecule has 0 saturated carbocycles. The zero-order chi connectivity index (χ0) is 12.5. The molecule has 18 heavy (non-hydrogen) atoms. The number of rotatable bonds is 3. The third-order valence-corrected chi connectivity index (χ3v) is 3.16. The predicted octanol–water partition coefficient (Wildman–Crippen LogP) is 0.590. The van der Waals surface area contributed by atoms with Crippen LogP contribution in [0.5, 0.6) is 0 Å². The molecule has 2 atom stereocenters. The van der Waals surface area contributed by atoms with Gasteiger partial charge in [-0.15, -0.1) is 12.4 Å². The van der Waals surface area contributed by atoms with Gasteiger partial charge >= 0.3 is 12.1 Å². The van der Waals surface area contributed by atoms with Gasteiger partial charge in [-0.1, -0.05) is 0 Å². The maximum absolute atomic E-state index is 11.9. The van der Waals surface area contributed by atoms with Crippen molar-refractivity contribution >= 4 is 24.5 Å². The number of esters is 1. The molecule has 0 aromatic rings. The van der Waals surface area contributed by atoms with Gasteiger partial charge in [-0.05, 0) is 33.2 Å². The number of carbonyl (C=O) groups is 2. The molecule has 0 unspecified atom stereocenters. The fourth-order valence-corrected chi connectivity index (χ4v) is 2.06. The Morgan fingerprint density at radius 1 is 1.50 bits per heavy atom. The Balaban J connectivity index is 0.00000162. The fourth-order valence-electron chi connectivity index (χ4n) is 2.06. The molecule has 2 rings (SSSR count). The molecule has 0 aliphatic carbocycles. The first kappa shape index (κ1) is 15.0. The van der Waals surface area contributed by atoms with E-state index in [4.69, 9.17) is 9.47 Å². The van der Waals surface area contributed by atoms with Crippen molar-refractivity contribution in [3.05, 3.63) is 0 Å². The van der Waals surface area contributed by atoms with E-state index >= 15 is 0 Å². The van der Waals surface area contributed by atoms with Gasteiger partial charge in [-0.25, -0.2) is 4.79 Å². The molecule has 0 spiro atoms. The third-order valence-electron chi connectivity index (χ3n) is 3.16. The van der Waals surface area contributed by atoms with Gasteiger partial charge in [0.2, 0.25) is 0 Å². The number of carbonyl (C=O) groups excluding carboxylic acids is 2. The first-order chi connectivity index (χ1) is 7.99. The Hall–Kier alpha value is -1.01. The number of halogens is 1. The maximum atomic E-state index is 11.9. The standard InChI is InChI=1S/C11H18N2O4.ClH/c1-11(2,8-6-13-10(15)16-8)17-9(14)7-4-3-5-12-7;/h7-8,12H,3-6H2,1-2H3,(H,13,15);1H/t7-,8-;/m0./s1. The topological polar surface area (TPSA) is 76.7 Å². The smallest absolute Gasteiger partial charge is 0.407 e. The van der Waals surface area contributed by atoms with Crippen molar-refractivity contribution in [3.8, 4) is 0 Å². The van der Waals surface area contributed by atoms with Gasteiger partial charge in [0, 0.05) is 0 Å². The number of ether oxygens (including phenoxy) is 2. The zero-order valence-electron chi connectivity index (χ0n) is 10.5. The van der Waals surface area contributed by atoms with E-state index < -0.39 is 17.8 Å². The van der Waals surface area contributed by atoms with E-state index in [9.17, 15) is 9.59 Å². The quantitative estimate of drug-likeness (QED) is 0.739. The summed E-state index contributed by atoms with van der Waals surface area (Å²) in [5.41, 5.74) is -0.805. The van der Waals surface area contributed by atoms with Crippen LogP contribution in [0, 0.1) is 0 Å². The molecule has 2 aliphatic rings. The van der Waals surface area contributed by atoms with E-state index in [1.807, 2.05) is 0 Å². The van der Waals surface area contributed by atoms with Crippen molar-refractivity contribution in [1.82, 2.24) is 10.6 Å². The van der Waals surface area contributed by atoms with Crippen LogP contribution in [0.2, 0.25) is 0 Å². The Morgan fingerprint density at radius 2 is 2.22 bits per heavy atom. The summed E-state index contributed by atoms with van der Waals surface area (Å²) in [6.45, 7) is 4.73. The maximum Gasteiger partial charge on any atom is 0.407 e. The molecule has 104 valence electrons. The van der Waals surface area contributed by atoms with Gasteiger partial charge in [-0.2, -0.15) is 0 Å². The SMILES string of the molecule is CC(C)(OC(=O)[C@@H]1CCCN1)[C@@H]1CNC(=O)O1.Cl. The minimum atomic E-state index is -0.805. The average molecular weight is 279 g/mol. The molecule has 2 saturated heterocycles. The van der Waals surface area contributed by atoms with Gasteiger partial charge in [0.25, 0.3) is 0 Å². The third kappa shape index (κ3) is 3.26. The van der Waals surface area contributed by atoms with Gasteiger partial charge in [0.05, 0.1) is 6.54 Å². The number of hydrogen-bond acceptors (Lipinski definition) is 5. The van der Waals surface area contributed by atoms with Gasteiger partial charge in [0.1, 0.15) is 11.6 Å². The normalized spacial score (nSPS) is 27.1. The molecule has 7 heteroatoms. The monoisotopic (exact) mass is 278 g/mol. The summed E-state index contributed by atoms with van der Waals surface area (Å²) in [5, 5.41) is 5.63. The van der Waals surface area contributed by atoms with Crippen LogP contribution in [0.15, 0.2) is 0 Å². The molecule has 0 aromatic carbocycles. The van der Waals surface area contributed by atoms with E-state index in [0.717, 1.165) is 19.4 Å². The Bertz CT molecular complexity index is 329. The highest BCUT2D eigenvalue weighted by molar-refractivity contribution is 5.85. The van der Waals surface area contributed by atoms with Crippen LogP contribution in [0.1, 0.15) is 26.7 Å². The second-order valence-electron chi connectivity index (χ2n) is 4.95. The van der Waals surface area contributed by atoms with E-state index in [2.05, 4.69) is 10.6 Å². The molecule has 2 fully saturated rings.